The number of nitrogens with zero attached hydrogens (tertiary/aromatic N) is 2. The third kappa shape index (κ3) is 3.85. The van der Waals surface area contributed by atoms with E-state index in [-0.39, 0.29) is 17.6 Å². The van der Waals surface area contributed by atoms with Crippen molar-refractivity contribution in [3.8, 4) is 17.1 Å². The summed E-state index contributed by atoms with van der Waals surface area (Å²) in [6.07, 6.45) is 9.01. The molecule has 150 valence electrons. The zero-order chi connectivity index (χ0) is 20.4. The van der Waals surface area contributed by atoms with Gasteiger partial charge >= 0.3 is 0 Å². The van der Waals surface area contributed by atoms with Gasteiger partial charge in [-0.1, -0.05) is 43.5 Å². The van der Waals surface area contributed by atoms with Crippen LogP contribution in [0.25, 0.3) is 22.2 Å². The Morgan fingerprint density at radius 3 is 2.76 bits per heavy atom. The number of hydrogen-bond acceptors (Lipinski definition) is 5. The molecule has 1 aliphatic carbocycles. The molecule has 3 aromatic rings. The van der Waals surface area contributed by atoms with Crippen LogP contribution in [0.2, 0.25) is 0 Å². The van der Waals surface area contributed by atoms with E-state index in [0.717, 1.165) is 36.5 Å². The number of benzene rings is 1. The summed E-state index contributed by atoms with van der Waals surface area (Å²) in [5.74, 6) is -0.609. The molecular weight excluding hydrogens is 368 g/mol. The zero-order valence-corrected chi connectivity index (χ0v) is 16.3. The van der Waals surface area contributed by atoms with Crippen molar-refractivity contribution in [3.63, 3.8) is 0 Å². The third-order valence-corrected chi connectivity index (χ3v) is 5.75. The second-order valence-electron chi connectivity index (χ2n) is 7.68. The Kier molecular flexibility index (Phi) is 5.29. The smallest absolute Gasteiger partial charge is 0.294 e. The monoisotopic (exact) mass is 392 g/mol. The summed E-state index contributed by atoms with van der Waals surface area (Å²) in [6.45, 7) is 1.97. The van der Waals surface area contributed by atoms with Crippen LogP contribution in [0.5, 0.6) is 5.75 Å². The number of amides is 1. The molecule has 2 heterocycles. The summed E-state index contributed by atoms with van der Waals surface area (Å²) in [7, 11) is 0. The number of carbonyl (C=O) groups is 1. The van der Waals surface area contributed by atoms with Crippen molar-refractivity contribution in [1.82, 2.24) is 20.3 Å². The number of aromatic amines is 1. The molecule has 7 heteroatoms. The maximum Gasteiger partial charge on any atom is 0.294 e. The summed E-state index contributed by atoms with van der Waals surface area (Å²) < 4.78 is 0. The maximum absolute atomic E-state index is 12.8. The van der Waals surface area contributed by atoms with Crippen molar-refractivity contribution >= 4 is 16.7 Å². The Balaban J connectivity index is 1.68. The Bertz CT molecular complexity index is 1100. The molecule has 0 unspecified atom stereocenters. The van der Waals surface area contributed by atoms with Gasteiger partial charge in [0.15, 0.2) is 5.69 Å². The van der Waals surface area contributed by atoms with E-state index in [1.54, 1.807) is 12.4 Å². The molecule has 3 N–H and O–H groups in total. The molecule has 1 atom stereocenters. The standard InChI is InChI=1S/C22H24N4O3/c1-13(14-7-3-2-4-8-14)24-21(28)18-19(27)22(29)26-20(25-18)17-12-23-11-15-9-5-6-10-16(15)17/h5-6,9-14,27H,2-4,7-8H2,1H3,(H,24,28)(H,25,26,29)/t13-/m0/s1. The first kappa shape index (κ1) is 19.1. The first-order chi connectivity index (χ1) is 14.0. The fraction of sp³-hybridized carbons (Fsp3) is 0.364. The quantitative estimate of drug-likeness (QED) is 0.631. The molecule has 1 amide bonds. The first-order valence-corrected chi connectivity index (χ1v) is 10.0. The van der Waals surface area contributed by atoms with Crippen LogP contribution in [-0.2, 0) is 0 Å². The lowest BCUT2D eigenvalue weighted by atomic mass is 9.84. The molecule has 4 rings (SSSR count). The second-order valence-corrected chi connectivity index (χ2v) is 7.68. The fourth-order valence-corrected chi connectivity index (χ4v) is 4.09. The van der Waals surface area contributed by atoms with E-state index in [4.69, 9.17) is 0 Å². The highest BCUT2D eigenvalue weighted by Crippen LogP contribution is 2.27. The van der Waals surface area contributed by atoms with Crippen LogP contribution in [0.15, 0.2) is 41.5 Å². The zero-order valence-electron chi connectivity index (χ0n) is 16.3. The Hall–Kier alpha value is -3.22. The van der Waals surface area contributed by atoms with Gasteiger partial charge in [0.05, 0.1) is 0 Å². The summed E-state index contributed by atoms with van der Waals surface area (Å²) >= 11 is 0. The Labute approximate surface area is 168 Å². The topological polar surface area (TPSA) is 108 Å². The number of hydrogen-bond donors (Lipinski definition) is 3. The van der Waals surface area contributed by atoms with Gasteiger partial charge in [-0.25, -0.2) is 4.98 Å². The SMILES string of the molecule is C[C@H](NC(=O)c1nc(-c2cncc3ccccc23)[nH]c(=O)c1O)C1CCCCC1. The number of aromatic nitrogens is 3. The highest BCUT2D eigenvalue weighted by molar-refractivity contribution is 5.97. The average Bonchev–Trinajstić information content (AvgIpc) is 2.75. The minimum atomic E-state index is -0.751. The fourth-order valence-electron chi connectivity index (χ4n) is 4.09. The predicted molar refractivity (Wildman–Crippen MR) is 111 cm³/mol. The van der Waals surface area contributed by atoms with Gasteiger partial charge in [0, 0.05) is 29.4 Å². The van der Waals surface area contributed by atoms with Crippen LogP contribution < -0.4 is 10.9 Å². The van der Waals surface area contributed by atoms with Crippen LogP contribution in [0.3, 0.4) is 0 Å². The Morgan fingerprint density at radius 2 is 1.97 bits per heavy atom. The first-order valence-electron chi connectivity index (χ1n) is 10.0. The van der Waals surface area contributed by atoms with Gasteiger partial charge in [-0.05, 0) is 31.1 Å². The number of nitrogens with one attached hydrogen (secondary N) is 2. The molecule has 1 aromatic carbocycles. The van der Waals surface area contributed by atoms with E-state index in [0.29, 0.717) is 11.5 Å². The van der Waals surface area contributed by atoms with Crippen molar-refractivity contribution in [2.75, 3.05) is 0 Å². The Morgan fingerprint density at radius 1 is 1.21 bits per heavy atom. The highest BCUT2D eigenvalue weighted by atomic mass is 16.3. The van der Waals surface area contributed by atoms with Crippen LogP contribution in [0, 0.1) is 5.92 Å². The minimum absolute atomic E-state index is 0.0500. The van der Waals surface area contributed by atoms with Crippen LogP contribution in [0.1, 0.15) is 49.5 Å². The van der Waals surface area contributed by atoms with E-state index in [9.17, 15) is 14.7 Å². The van der Waals surface area contributed by atoms with Gasteiger partial charge in [-0.2, -0.15) is 0 Å². The minimum Gasteiger partial charge on any atom is -0.501 e. The molecule has 1 saturated carbocycles. The van der Waals surface area contributed by atoms with Gasteiger partial charge in [-0.3, -0.25) is 14.6 Å². The van der Waals surface area contributed by atoms with E-state index >= 15 is 0 Å². The number of aromatic hydroxyl groups is 1. The molecular formula is C22H24N4O3. The predicted octanol–water partition coefficient (Wildman–Crippen LogP) is 3.39. The van der Waals surface area contributed by atoms with Crippen molar-refractivity contribution in [1.29, 1.82) is 0 Å². The van der Waals surface area contributed by atoms with Crippen LogP contribution >= 0.6 is 0 Å². The number of fused-ring (bicyclic) bond motifs is 1. The van der Waals surface area contributed by atoms with E-state index in [2.05, 4.69) is 20.3 Å². The summed E-state index contributed by atoms with van der Waals surface area (Å²) in [6, 6.07) is 7.52. The number of rotatable bonds is 4. The van der Waals surface area contributed by atoms with Gasteiger partial charge in [0.25, 0.3) is 11.5 Å². The molecule has 0 aliphatic heterocycles. The third-order valence-electron chi connectivity index (χ3n) is 5.75. The number of carbonyl (C=O) groups excluding carboxylic acids is 1. The maximum atomic E-state index is 12.8. The molecule has 29 heavy (non-hydrogen) atoms. The molecule has 1 fully saturated rings. The largest absolute Gasteiger partial charge is 0.501 e. The van der Waals surface area contributed by atoms with Gasteiger partial charge in [-0.15, -0.1) is 0 Å². The molecule has 2 aromatic heterocycles. The van der Waals surface area contributed by atoms with Crippen molar-refractivity contribution < 1.29 is 9.90 Å². The molecule has 7 nitrogen and oxygen atoms in total. The number of pyridine rings is 1. The summed E-state index contributed by atoms with van der Waals surface area (Å²) in [5, 5.41) is 14.8. The number of H-pyrrole nitrogens is 1. The van der Waals surface area contributed by atoms with Crippen molar-refractivity contribution in [2.45, 2.75) is 45.1 Å². The van der Waals surface area contributed by atoms with Crippen molar-refractivity contribution in [2.24, 2.45) is 5.92 Å². The average molecular weight is 392 g/mol. The molecule has 0 saturated heterocycles. The second kappa shape index (κ2) is 8.03. The molecule has 0 spiro atoms. The summed E-state index contributed by atoms with van der Waals surface area (Å²) in [4.78, 5) is 36.2. The summed E-state index contributed by atoms with van der Waals surface area (Å²) in [5.41, 5.74) is -0.424. The lowest BCUT2D eigenvalue weighted by molar-refractivity contribution is 0.0911. The lowest BCUT2D eigenvalue weighted by Crippen LogP contribution is -2.39. The van der Waals surface area contributed by atoms with Gasteiger partial charge in [0.2, 0.25) is 5.75 Å². The van der Waals surface area contributed by atoms with E-state index in [1.165, 1.54) is 6.42 Å². The van der Waals surface area contributed by atoms with E-state index in [1.807, 2.05) is 31.2 Å². The molecule has 0 bridgehead atoms. The molecule has 0 radical (unpaired) electrons. The van der Waals surface area contributed by atoms with Gasteiger partial charge in [0.1, 0.15) is 5.82 Å². The van der Waals surface area contributed by atoms with Crippen LogP contribution in [-0.4, -0.2) is 32.0 Å². The van der Waals surface area contributed by atoms with Crippen molar-refractivity contribution in [3.05, 3.63) is 52.7 Å². The normalized spacial score (nSPS) is 15.9. The van der Waals surface area contributed by atoms with E-state index < -0.39 is 17.2 Å². The van der Waals surface area contributed by atoms with Gasteiger partial charge < -0.3 is 15.4 Å². The highest BCUT2D eigenvalue weighted by Gasteiger charge is 2.25. The molecule has 1 aliphatic rings. The lowest BCUT2D eigenvalue weighted by Gasteiger charge is -2.28. The van der Waals surface area contributed by atoms with Crippen LogP contribution in [0.4, 0.5) is 0 Å².